The first-order chi connectivity index (χ1) is 8.57. The molecule has 0 aliphatic carbocycles. The molecule has 2 unspecified atom stereocenters. The van der Waals surface area contributed by atoms with Crippen LogP contribution in [-0.4, -0.2) is 61.5 Å². The fourth-order valence-corrected chi connectivity index (χ4v) is 3.55. The Bertz CT molecular complexity index is 307. The SMILES string of the molecule is CNCC1(C)CCCN1C(=O)C1CCCN(C)C1. The summed E-state index contributed by atoms with van der Waals surface area (Å²) >= 11 is 0. The Labute approximate surface area is 111 Å². The quantitative estimate of drug-likeness (QED) is 0.813. The minimum absolute atomic E-state index is 0.0296. The minimum atomic E-state index is 0.0296. The molecule has 4 heteroatoms. The van der Waals surface area contributed by atoms with Gasteiger partial charge in [0.05, 0.1) is 11.5 Å². The van der Waals surface area contributed by atoms with Crippen LogP contribution < -0.4 is 5.32 Å². The molecular formula is C14H27N3O. The lowest BCUT2D eigenvalue weighted by Crippen LogP contribution is -2.54. The smallest absolute Gasteiger partial charge is 0.227 e. The van der Waals surface area contributed by atoms with Crippen molar-refractivity contribution in [1.29, 1.82) is 0 Å². The van der Waals surface area contributed by atoms with Crippen molar-refractivity contribution in [1.82, 2.24) is 15.1 Å². The van der Waals surface area contributed by atoms with E-state index in [1.807, 2.05) is 7.05 Å². The lowest BCUT2D eigenvalue weighted by atomic mass is 9.93. The zero-order valence-electron chi connectivity index (χ0n) is 12.0. The second kappa shape index (κ2) is 5.57. The number of piperidine rings is 1. The largest absolute Gasteiger partial charge is 0.336 e. The summed E-state index contributed by atoms with van der Waals surface area (Å²) in [6.07, 6.45) is 4.49. The highest BCUT2D eigenvalue weighted by Gasteiger charge is 2.41. The molecule has 0 aromatic carbocycles. The molecule has 0 spiro atoms. The van der Waals surface area contributed by atoms with E-state index in [2.05, 4.69) is 29.1 Å². The second-order valence-electron chi connectivity index (χ2n) is 6.22. The van der Waals surface area contributed by atoms with Crippen LogP contribution in [0.1, 0.15) is 32.6 Å². The van der Waals surface area contributed by atoms with E-state index in [0.717, 1.165) is 51.9 Å². The number of likely N-dealkylation sites (tertiary alicyclic amines) is 2. The summed E-state index contributed by atoms with van der Waals surface area (Å²) in [6.45, 7) is 6.14. The van der Waals surface area contributed by atoms with E-state index < -0.39 is 0 Å². The number of carbonyl (C=O) groups is 1. The van der Waals surface area contributed by atoms with Crippen LogP contribution in [0, 0.1) is 5.92 Å². The van der Waals surface area contributed by atoms with Crippen molar-refractivity contribution in [3.05, 3.63) is 0 Å². The van der Waals surface area contributed by atoms with Crippen molar-refractivity contribution in [3.8, 4) is 0 Å². The van der Waals surface area contributed by atoms with E-state index in [0.29, 0.717) is 5.91 Å². The molecule has 2 aliphatic heterocycles. The van der Waals surface area contributed by atoms with E-state index in [9.17, 15) is 4.79 Å². The Hall–Kier alpha value is -0.610. The molecule has 18 heavy (non-hydrogen) atoms. The molecule has 2 heterocycles. The summed E-state index contributed by atoms with van der Waals surface area (Å²) in [6, 6.07) is 0. The van der Waals surface area contributed by atoms with E-state index in [1.165, 1.54) is 0 Å². The number of amides is 1. The van der Waals surface area contributed by atoms with Crippen molar-refractivity contribution in [2.24, 2.45) is 5.92 Å². The molecule has 2 rings (SSSR count). The van der Waals surface area contributed by atoms with Gasteiger partial charge in [-0.15, -0.1) is 0 Å². The fraction of sp³-hybridized carbons (Fsp3) is 0.929. The molecule has 2 aliphatic rings. The average molecular weight is 253 g/mol. The van der Waals surface area contributed by atoms with Gasteiger partial charge in [-0.3, -0.25) is 4.79 Å². The van der Waals surface area contributed by atoms with Gasteiger partial charge in [0.1, 0.15) is 0 Å². The summed E-state index contributed by atoms with van der Waals surface area (Å²) < 4.78 is 0. The molecule has 1 N–H and O–H groups in total. The van der Waals surface area contributed by atoms with Crippen molar-refractivity contribution in [2.75, 3.05) is 40.3 Å². The summed E-state index contributed by atoms with van der Waals surface area (Å²) in [5.74, 6) is 0.606. The van der Waals surface area contributed by atoms with Crippen LogP contribution in [0.4, 0.5) is 0 Å². The molecule has 0 aromatic heterocycles. The van der Waals surface area contributed by atoms with Crippen LogP contribution in [0.3, 0.4) is 0 Å². The molecule has 0 radical (unpaired) electrons. The number of rotatable bonds is 3. The van der Waals surface area contributed by atoms with E-state index >= 15 is 0 Å². The monoisotopic (exact) mass is 253 g/mol. The lowest BCUT2D eigenvalue weighted by molar-refractivity contribution is -0.140. The molecule has 2 atom stereocenters. The van der Waals surface area contributed by atoms with Crippen LogP contribution in [0.5, 0.6) is 0 Å². The van der Waals surface area contributed by atoms with Crippen LogP contribution in [0.2, 0.25) is 0 Å². The standard InChI is InChI=1S/C14H27N3O/c1-14(11-15-2)7-5-9-17(14)13(18)12-6-4-8-16(3)10-12/h12,15H,4-11H2,1-3H3. The first-order valence-electron chi connectivity index (χ1n) is 7.21. The number of hydrogen-bond donors (Lipinski definition) is 1. The predicted molar refractivity (Wildman–Crippen MR) is 73.5 cm³/mol. The van der Waals surface area contributed by atoms with Gasteiger partial charge in [0.25, 0.3) is 0 Å². The Morgan fingerprint density at radius 3 is 2.83 bits per heavy atom. The zero-order valence-corrected chi connectivity index (χ0v) is 12.0. The summed E-state index contributed by atoms with van der Waals surface area (Å²) in [7, 11) is 4.09. The first-order valence-corrected chi connectivity index (χ1v) is 7.21. The predicted octanol–water partition coefficient (Wildman–Crippen LogP) is 0.929. The van der Waals surface area contributed by atoms with Gasteiger partial charge in [0.2, 0.25) is 5.91 Å². The Kier molecular flexibility index (Phi) is 4.28. The van der Waals surface area contributed by atoms with Crippen LogP contribution >= 0.6 is 0 Å². The topological polar surface area (TPSA) is 35.6 Å². The van der Waals surface area contributed by atoms with Crippen LogP contribution in [0.25, 0.3) is 0 Å². The highest BCUT2D eigenvalue weighted by molar-refractivity contribution is 5.80. The minimum Gasteiger partial charge on any atom is -0.336 e. The molecule has 1 amide bonds. The van der Waals surface area contributed by atoms with Gasteiger partial charge >= 0.3 is 0 Å². The zero-order chi connectivity index (χ0) is 13.2. The van der Waals surface area contributed by atoms with Crippen LogP contribution in [0.15, 0.2) is 0 Å². The van der Waals surface area contributed by atoms with Gasteiger partial charge in [-0.1, -0.05) is 0 Å². The Morgan fingerprint density at radius 2 is 2.17 bits per heavy atom. The normalized spacial score (nSPS) is 33.9. The third kappa shape index (κ3) is 2.69. The van der Waals surface area contributed by atoms with Crippen molar-refractivity contribution >= 4 is 5.91 Å². The molecule has 0 aromatic rings. The number of likely N-dealkylation sites (N-methyl/N-ethyl adjacent to an activating group) is 1. The highest BCUT2D eigenvalue weighted by Crippen LogP contribution is 2.31. The van der Waals surface area contributed by atoms with Gasteiger partial charge in [-0.25, -0.2) is 0 Å². The molecule has 4 nitrogen and oxygen atoms in total. The maximum Gasteiger partial charge on any atom is 0.227 e. The van der Waals surface area contributed by atoms with Crippen molar-refractivity contribution < 1.29 is 4.79 Å². The maximum atomic E-state index is 12.7. The number of hydrogen-bond acceptors (Lipinski definition) is 3. The third-order valence-electron chi connectivity index (χ3n) is 4.55. The van der Waals surface area contributed by atoms with Crippen molar-refractivity contribution in [3.63, 3.8) is 0 Å². The molecule has 0 saturated carbocycles. The van der Waals surface area contributed by atoms with Crippen molar-refractivity contribution in [2.45, 2.75) is 38.1 Å². The molecule has 0 bridgehead atoms. The Morgan fingerprint density at radius 1 is 1.39 bits per heavy atom. The summed E-state index contributed by atoms with van der Waals surface area (Å²) in [4.78, 5) is 17.1. The first kappa shape index (κ1) is 13.8. The van der Waals surface area contributed by atoms with Gasteiger partial charge in [0.15, 0.2) is 0 Å². The third-order valence-corrected chi connectivity index (χ3v) is 4.55. The summed E-state index contributed by atoms with van der Waals surface area (Å²) in [5, 5.41) is 3.24. The summed E-state index contributed by atoms with van der Waals surface area (Å²) in [5.41, 5.74) is 0.0296. The van der Waals surface area contributed by atoms with E-state index in [1.54, 1.807) is 0 Å². The number of nitrogens with one attached hydrogen (secondary N) is 1. The lowest BCUT2D eigenvalue weighted by Gasteiger charge is -2.39. The highest BCUT2D eigenvalue weighted by atomic mass is 16.2. The molecular weight excluding hydrogens is 226 g/mol. The van der Waals surface area contributed by atoms with Gasteiger partial charge in [-0.2, -0.15) is 0 Å². The van der Waals surface area contributed by atoms with Crippen LogP contribution in [-0.2, 0) is 4.79 Å². The molecule has 2 fully saturated rings. The molecule has 104 valence electrons. The van der Waals surface area contributed by atoms with Gasteiger partial charge in [-0.05, 0) is 53.2 Å². The molecule has 2 saturated heterocycles. The number of nitrogens with zero attached hydrogens (tertiary/aromatic N) is 2. The fourth-order valence-electron chi connectivity index (χ4n) is 3.55. The van der Waals surface area contributed by atoms with Gasteiger partial charge in [0, 0.05) is 19.6 Å². The average Bonchev–Trinajstić information content (AvgIpc) is 2.70. The van der Waals surface area contributed by atoms with E-state index in [-0.39, 0.29) is 11.5 Å². The van der Waals surface area contributed by atoms with Gasteiger partial charge < -0.3 is 15.1 Å². The van der Waals surface area contributed by atoms with E-state index in [4.69, 9.17) is 0 Å². The Balaban J connectivity index is 2.03. The maximum absolute atomic E-state index is 12.7. The number of carbonyl (C=O) groups excluding carboxylic acids is 1. The second-order valence-corrected chi connectivity index (χ2v) is 6.22.